The average Bonchev–Trinajstić information content (AvgIpc) is 2.61. The lowest BCUT2D eigenvalue weighted by Crippen LogP contribution is -2.52. The highest BCUT2D eigenvalue weighted by Gasteiger charge is 2.24. The summed E-state index contributed by atoms with van der Waals surface area (Å²) in [6.45, 7) is 13.6. The zero-order valence-electron chi connectivity index (χ0n) is 17.3. The molecule has 1 atom stereocenters. The van der Waals surface area contributed by atoms with Gasteiger partial charge in [0.15, 0.2) is 0 Å². The molecule has 6 nitrogen and oxygen atoms in total. The Morgan fingerprint density at radius 1 is 1.11 bits per heavy atom. The van der Waals surface area contributed by atoms with E-state index in [9.17, 15) is 9.59 Å². The van der Waals surface area contributed by atoms with E-state index in [1.807, 2.05) is 30.0 Å². The van der Waals surface area contributed by atoms with E-state index in [0.717, 1.165) is 17.7 Å². The maximum Gasteiger partial charge on any atom is 0.321 e. The minimum atomic E-state index is -0.0737. The molecule has 0 bridgehead atoms. The number of hydrogen-bond donors (Lipinski definition) is 2. The first-order valence-corrected chi connectivity index (χ1v) is 9.88. The van der Waals surface area contributed by atoms with Crippen LogP contribution < -0.4 is 10.6 Å². The Morgan fingerprint density at radius 2 is 1.74 bits per heavy atom. The van der Waals surface area contributed by atoms with Crippen LogP contribution in [0.3, 0.4) is 0 Å². The predicted octanol–water partition coefficient (Wildman–Crippen LogP) is 3.05. The van der Waals surface area contributed by atoms with Crippen LogP contribution in [0.15, 0.2) is 24.3 Å². The van der Waals surface area contributed by atoms with Crippen molar-refractivity contribution < 1.29 is 9.59 Å². The van der Waals surface area contributed by atoms with E-state index in [1.54, 1.807) is 0 Å². The number of hydrogen-bond acceptors (Lipinski definition) is 3. The molecular formula is C21H34N4O2. The molecule has 0 aromatic heterocycles. The van der Waals surface area contributed by atoms with E-state index in [1.165, 1.54) is 0 Å². The van der Waals surface area contributed by atoms with Crippen molar-refractivity contribution in [3.8, 4) is 0 Å². The van der Waals surface area contributed by atoms with Crippen molar-refractivity contribution in [3.05, 3.63) is 29.8 Å². The van der Waals surface area contributed by atoms with Crippen LogP contribution in [0.25, 0.3) is 0 Å². The van der Waals surface area contributed by atoms with Gasteiger partial charge in [-0.15, -0.1) is 0 Å². The maximum absolute atomic E-state index is 12.7. The predicted molar refractivity (Wildman–Crippen MR) is 110 cm³/mol. The van der Waals surface area contributed by atoms with Gasteiger partial charge in [0.1, 0.15) is 0 Å². The first-order chi connectivity index (χ1) is 12.7. The zero-order chi connectivity index (χ0) is 20.0. The molecule has 0 saturated carbocycles. The summed E-state index contributed by atoms with van der Waals surface area (Å²) < 4.78 is 0. The van der Waals surface area contributed by atoms with Crippen molar-refractivity contribution in [2.75, 3.05) is 38.0 Å². The van der Waals surface area contributed by atoms with Gasteiger partial charge in [-0.2, -0.15) is 0 Å². The van der Waals surface area contributed by atoms with Gasteiger partial charge in [0.25, 0.3) is 0 Å². The standard InChI is InChI=1S/C21H34N4O2/c1-6-16(2)22-19(26)15-24-11-13-25(14-12-24)20(27)23-18-10-8-7-9-17(18)21(3,4)5/h7-10,16H,6,11-15H2,1-5H3,(H,22,26)(H,23,27). The van der Waals surface area contributed by atoms with Crippen LogP contribution in [-0.4, -0.2) is 60.5 Å². The summed E-state index contributed by atoms with van der Waals surface area (Å²) in [6, 6.07) is 8.08. The molecule has 1 saturated heterocycles. The fourth-order valence-corrected chi connectivity index (χ4v) is 3.18. The summed E-state index contributed by atoms with van der Waals surface area (Å²) >= 11 is 0. The number of nitrogens with one attached hydrogen (secondary N) is 2. The lowest BCUT2D eigenvalue weighted by Gasteiger charge is -2.35. The lowest BCUT2D eigenvalue weighted by molar-refractivity contribution is -0.123. The van der Waals surface area contributed by atoms with Crippen LogP contribution in [0.4, 0.5) is 10.5 Å². The number of benzene rings is 1. The molecule has 1 heterocycles. The van der Waals surface area contributed by atoms with Crippen LogP contribution in [0, 0.1) is 0 Å². The Balaban J connectivity index is 1.86. The van der Waals surface area contributed by atoms with Crippen molar-refractivity contribution in [2.24, 2.45) is 0 Å². The normalized spacial score (nSPS) is 16.7. The van der Waals surface area contributed by atoms with Gasteiger partial charge in [-0.05, 0) is 30.4 Å². The van der Waals surface area contributed by atoms with Crippen molar-refractivity contribution in [1.82, 2.24) is 15.1 Å². The molecule has 3 amide bonds. The van der Waals surface area contributed by atoms with Gasteiger partial charge in [0.2, 0.25) is 5.91 Å². The van der Waals surface area contributed by atoms with Gasteiger partial charge >= 0.3 is 6.03 Å². The number of rotatable bonds is 5. The van der Waals surface area contributed by atoms with Crippen molar-refractivity contribution >= 4 is 17.6 Å². The number of carbonyl (C=O) groups is 2. The van der Waals surface area contributed by atoms with E-state index in [4.69, 9.17) is 0 Å². The highest BCUT2D eigenvalue weighted by atomic mass is 16.2. The smallest absolute Gasteiger partial charge is 0.321 e. The van der Waals surface area contributed by atoms with Crippen LogP contribution in [0.2, 0.25) is 0 Å². The van der Waals surface area contributed by atoms with Gasteiger partial charge in [-0.1, -0.05) is 45.9 Å². The quantitative estimate of drug-likeness (QED) is 0.833. The molecule has 0 spiro atoms. The molecule has 1 aliphatic rings. The fourth-order valence-electron chi connectivity index (χ4n) is 3.18. The second kappa shape index (κ2) is 9.22. The van der Waals surface area contributed by atoms with E-state index in [2.05, 4.69) is 49.3 Å². The molecule has 2 rings (SSSR count). The van der Waals surface area contributed by atoms with Crippen molar-refractivity contribution in [2.45, 2.75) is 52.5 Å². The molecule has 0 aliphatic carbocycles. The SMILES string of the molecule is CCC(C)NC(=O)CN1CCN(C(=O)Nc2ccccc2C(C)(C)C)CC1. The Kier molecular flexibility index (Phi) is 7.25. The number of carbonyl (C=O) groups excluding carboxylic acids is 2. The molecule has 27 heavy (non-hydrogen) atoms. The van der Waals surface area contributed by atoms with Gasteiger partial charge in [-0.3, -0.25) is 9.69 Å². The number of amides is 3. The first-order valence-electron chi connectivity index (χ1n) is 9.88. The van der Waals surface area contributed by atoms with Crippen LogP contribution in [0.5, 0.6) is 0 Å². The molecule has 150 valence electrons. The number of anilines is 1. The van der Waals surface area contributed by atoms with E-state index in [0.29, 0.717) is 32.7 Å². The highest BCUT2D eigenvalue weighted by molar-refractivity contribution is 5.90. The van der Waals surface area contributed by atoms with Crippen molar-refractivity contribution in [1.29, 1.82) is 0 Å². The molecule has 1 fully saturated rings. The average molecular weight is 375 g/mol. The Morgan fingerprint density at radius 3 is 2.33 bits per heavy atom. The monoisotopic (exact) mass is 374 g/mol. The van der Waals surface area contributed by atoms with Gasteiger partial charge < -0.3 is 15.5 Å². The summed E-state index contributed by atoms with van der Waals surface area (Å²) in [7, 11) is 0. The molecule has 2 N–H and O–H groups in total. The number of para-hydroxylation sites is 1. The molecule has 6 heteroatoms. The van der Waals surface area contributed by atoms with Crippen molar-refractivity contribution in [3.63, 3.8) is 0 Å². The third-order valence-electron chi connectivity index (χ3n) is 5.02. The number of urea groups is 1. The molecule has 1 aromatic carbocycles. The number of nitrogens with zero attached hydrogens (tertiary/aromatic N) is 2. The molecular weight excluding hydrogens is 340 g/mol. The molecule has 1 aliphatic heterocycles. The number of piperazine rings is 1. The third-order valence-corrected chi connectivity index (χ3v) is 5.02. The first kappa shape index (κ1) is 21.2. The maximum atomic E-state index is 12.7. The molecule has 1 unspecified atom stereocenters. The Labute approximate surface area is 163 Å². The largest absolute Gasteiger partial charge is 0.353 e. The van der Waals surface area contributed by atoms with Crippen LogP contribution in [0.1, 0.15) is 46.6 Å². The molecule has 0 radical (unpaired) electrons. The molecule has 1 aromatic rings. The third kappa shape index (κ3) is 6.24. The van der Waals surface area contributed by atoms with E-state index < -0.39 is 0 Å². The summed E-state index contributed by atoms with van der Waals surface area (Å²) in [6.07, 6.45) is 0.926. The second-order valence-corrected chi connectivity index (χ2v) is 8.37. The Hall–Kier alpha value is -2.08. The Bertz CT molecular complexity index is 646. The zero-order valence-corrected chi connectivity index (χ0v) is 17.3. The minimum absolute atomic E-state index is 0.0362. The van der Waals surface area contributed by atoms with Gasteiger partial charge in [0.05, 0.1) is 6.54 Å². The fraction of sp³-hybridized carbons (Fsp3) is 0.619. The van der Waals surface area contributed by atoms with Crippen LogP contribution in [-0.2, 0) is 10.2 Å². The summed E-state index contributed by atoms with van der Waals surface area (Å²) in [5.41, 5.74) is 1.95. The second-order valence-electron chi connectivity index (χ2n) is 8.37. The lowest BCUT2D eigenvalue weighted by atomic mass is 9.86. The highest BCUT2D eigenvalue weighted by Crippen LogP contribution is 2.29. The summed E-state index contributed by atoms with van der Waals surface area (Å²) in [4.78, 5) is 28.6. The van der Waals surface area contributed by atoms with E-state index in [-0.39, 0.29) is 23.4 Å². The van der Waals surface area contributed by atoms with Gasteiger partial charge in [0, 0.05) is 37.9 Å². The topological polar surface area (TPSA) is 64.7 Å². The van der Waals surface area contributed by atoms with Crippen LogP contribution >= 0.6 is 0 Å². The summed E-state index contributed by atoms with van der Waals surface area (Å²) in [5.74, 6) is 0.0568. The minimum Gasteiger partial charge on any atom is -0.353 e. The summed E-state index contributed by atoms with van der Waals surface area (Å²) in [5, 5.41) is 6.06. The van der Waals surface area contributed by atoms with Gasteiger partial charge in [-0.25, -0.2) is 4.79 Å². The van der Waals surface area contributed by atoms with E-state index >= 15 is 0 Å².